The number of hydrogen-bond acceptors (Lipinski definition) is 4. The van der Waals surface area contributed by atoms with E-state index in [4.69, 9.17) is 5.11 Å². The van der Waals surface area contributed by atoms with Gasteiger partial charge >= 0.3 is 5.97 Å². The van der Waals surface area contributed by atoms with Gasteiger partial charge in [0.25, 0.3) is 0 Å². The Labute approximate surface area is 75.7 Å². The van der Waals surface area contributed by atoms with E-state index in [9.17, 15) is 4.79 Å². The zero-order chi connectivity index (χ0) is 9.52. The highest BCUT2D eigenvalue weighted by Crippen LogP contribution is 2.04. The van der Waals surface area contributed by atoms with Gasteiger partial charge in [-0.1, -0.05) is 6.42 Å². The molecule has 0 amide bonds. The number of carboxylic acid groups (broad SMARTS) is 1. The normalized spacial score (nSPS) is 10.2. The Hall–Kier alpha value is -1.39. The number of hydrogen-bond donors (Lipinski definition) is 1. The quantitative estimate of drug-likeness (QED) is 0.673. The minimum atomic E-state index is -0.733. The maximum absolute atomic E-state index is 10.2. The molecule has 1 aromatic rings. The standard InChI is InChI=1S/C8H12N2O3/c11-8(12)5-3-1-2-4-7-6-13-10-9-7/h6H,1-5H2,(H,11,12). The molecule has 0 aliphatic heterocycles. The zero-order valence-electron chi connectivity index (χ0n) is 7.27. The van der Waals surface area contributed by atoms with Gasteiger partial charge in [-0.05, 0) is 19.3 Å². The number of aryl methyl sites for hydroxylation is 1. The van der Waals surface area contributed by atoms with Gasteiger partial charge in [-0.25, -0.2) is 0 Å². The van der Waals surface area contributed by atoms with E-state index in [1.807, 2.05) is 0 Å². The van der Waals surface area contributed by atoms with E-state index in [0.29, 0.717) is 0 Å². The van der Waals surface area contributed by atoms with Crippen molar-refractivity contribution in [1.29, 1.82) is 0 Å². The fraction of sp³-hybridized carbons (Fsp3) is 0.625. The molecule has 1 aromatic heterocycles. The van der Waals surface area contributed by atoms with Crippen molar-refractivity contribution < 1.29 is 14.4 Å². The Bertz CT molecular complexity index is 246. The van der Waals surface area contributed by atoms with Crippen molar-refractivity contribution in [3.63, 3.8) is 0 Å². The van der Waals surface area contributed by atoms with E-state index in [1.54, 1.807) is 0 Å². The summed E-state index contributed by atoms with van der Waals surface area (Å²) in [7, 11) is 0. The van der Waals surface area contributed by atoms with Gasteiger partial charge in [-0.2, -0.15) is 0 Å². The third kappa shape index (κ3) is 4.25. The number of rotatable bonds is 6. The lowest BCUT2D eigenvalue weighted by molar-refractivity contribution is -0.137. The van der Waals surface area contributed by atoms with E-state index < -0.39 is 5.97 Å². The maximum Gasteiger partial charge on any atom is 0.303 e. The van der Waals surface area contributed by atoms with Crippen molar-refractivity contribution in [2.75, 3.05) is 0 Å². The number of nitrogens with zero attached hydrogens (tertiary/aromatic N) is 2. The molecule has 0 bridgehead atoms. The molecule has 1 N–H and O–H groups in total. The van der Waals surface area contributed by atoms with Gasteiger partial charge in [0.1, 0.15) is 12.0 Å². The van der Waals surface area contributed by atoms with Gasteiger partial charge in [0.15, 0.2) is 0 Å². The summed E-state index contributed by atoms with van der Waals surface area (Å²) < 4.78 is 4.55. The summed E-state index contributed by atoms with van der Waals surface area (Å²) in [6.45, 7) is 0. The third-order valence-corrected chi connectivity index (χ3v) is 1.73. The number of unbranched alkanes of at least 4 members (excludes halogenated alkanes) is 2. The molecule has 0 unspecified atom stereocenters. The Balaban J connectivity index is 1.99. The summed E-state index contributed by atoms with van der Waals surface area (Å²) in [4.78, 5) is 10.2. The first-order valence-corrected chi connectivity index (χ1v) is 4.27. The van der Waals surface area contributed by atoms with Gasteiger partial charge in [-0.15, -0.1) is 5.10 Å². The fourth-order valence-electron chi connectivity index (χ4n) is 1.05. The molecule has 0 saturated carbocycles. The van der Waals surface area contributed by atoms with Gasteiger partial charge in [0.05, 0.1) is 0 Å². The number of aromatic nitrogens is 2. The van der Waals surface area contributed by atoms with Crippen molar-refractivity contribution in [3.8, 4) is 0 Å². The van der Waals surface area contributed by atoms with Crippen molar-refractivity contribution >= 4 is 5.97 Å². The first kappa shape index (κ1) is 9.70. The predicted octanol–water partition coefficient (Wildman–Crippen LogP) is 1.26. The summed E-state index contributed by atoms with van der Waals surface area (Å²) in [6.07, 6.45) is 5.12. The highest BCUT2D eigenvalue weighted by atomic mass is 16.5. The summed E-state index contributed by atoms with van der Waals surface area (Å²) in [5.74, 6) is -0.733. The van der Waals surface area contributed by atoms with E-state index in [1.165, 1.54) is 6.26 Å². The van der Waals surface area contributed by atoms with Crippen LogP contribution >= 0.6 is 0 Å². The van der Waals surface area contributed by atoms with Crippen molar-refractivity contribution in [1.82, 2.24) is 10.4 Å². The van der Waals surface area contributed by atoms with Crippen LogP contribution in [0.5, 0.6) is 0 Å². The summed E-state index contributed by atoms with van der Waals surface area (Å²) in [5, 5.41) is 15.4. The van der Waals surface area contributed by atoms with E-state index in [2.05, 4.69) is 14.9 Å². The van der Waals surface area contributed by atoms with Gasteiger partial charge in [-0.3, -0.25) is 4.79 Å². The molecule has 1 rings (SSSR count). The third-order valence-electron chi connectivity index (χ3n) is 1.73. The van der Waals surface area contributed by atoms with Crippen LogP contribution < -0.4 is 0 Å². The topological polar surface area (TPSA) is 76.2 Å². The smallest absolute Gasteiger partial charge is 0.303 e. The van der Waals surface area contributed by atoms with E-state index in [0.717, 1.165) is 31.4 Å². The molecule has 5 heteroatoms. The molecule has 0 aliphatic carbocycles. The van der Waals surface area contributed by atoms with Gasteiger partial charge in [0, 0.05) is 11.7 Å². The second kappa shape index (κ2) is 5.29. The predicted molar refractivity (Wildman–Crippen MR) is 44.1 cm³/mol. The molecule has 5 nitrogen and oxygen atoms in total. The van der Waals surface area contributed by atoms with Crippen LogP contribution in [0.25, 0.3) is 0 Å². The Morgan fingerprint density at radius 2 is 2.31 bits per heavy atom. The van der Waals surface area contributed by atoms with Crippen molar-refractivity contribution in [3.05, 3.63) is 12.0 Å². The molecule has 0 aliphatic rings. The van der Waals surface area contributed by atoms with E-state index >= 15 is 0 Å². The van der Waals surface area contributed by atoms with Gasteiger partial charge < -0.3 is 9.63 Å². The first-order valence-electron chi connectivity index (χ1n) is 4.27. The molecule has 0 saturated heterocycles. The molecule has 13 heavy (non-hydrogen) atoms. The molecular weight excluding hydrogens is 172 g/mol. The van der Waals surface area contributed by atoms with Crippen LogP contribution in [0.3, 0.4) is 0 Å². The molecule has 72 valence electrons. The van der Waals surface area contributed by atoms with Crippen LogP contribution in [-0.2, 0) is 11.2 Å². The van der Waals surface area contributed by atoms with Crippen LogP contribution in [0.2, 0.25) is 0 Å². The van der Waals surface area contributed by atoms with Crippen LogP contribution in [0.15, 0.2) is 10.8 Å². The SMILES string of the molecule is O=C(O)CCCCCc1conn1. The monoisotopic (exact) mass is 184 g/mol. The first-order chi connectivity index (χ1) is 6.29. The Morgan fingerprint density at radius 3 is 2.92 bits per heavy atom. The lowest BCUT2D eigenvalue weighted by Crippen LogP contribution is -1.94. The van der Waals surface area contributed by atoms with Crippen LogP contribution in [-0.4, -0.2) is 21.4 Å². The van der Waals surface area contributed by atoms with Gasteiger partial charge in [0.2, 0.25) is 0 Å². The Kier molecular flexibility index (Phi) is 3.95. The summed E-state index contributed by atoms with van der Waals surface area (Å²) >= 11 is 0. The highest BCUT2D eigenvalue weighted by molar-refractivity contribution is 5.66. The van der Waals surface area contributed by atoms with Crippen LogP contribution in [0, 0.1) is 0 Å². The zero-order valence-corrected chi connectivity index (χ0v) is 7.27. The average Bonchev–Trinajstić information content (AvgIpc) is 2.55. The molecule has 0 aromatic carbocycles. The van der Waals surface area contributed by atoms with Crippen LogP contribution in [0.1, 0.15) is 31.4 Å². The fourth-order valence-corrected chi connectivity index (χ4v) is 1.05. The molecule has 0 atom stereocenters. The number of carbonyl (C=O) groups is 1. The molecule has 1 heterocycles. The minimum Gasteiger partial charge on any atom is -0.481 e. The van der Waals surface area contributed by atoms with E-state index in [-0.39, 0.29) is 6.42 Å². The number of carboxylic acids is 1. The lowest BCUT2D eigenvalue weighted by Gasteiger charge is -1.95. The highest BCUT2D eigenvalue weighted by Gasteiger charge is 1.99. The second-order valence-electron chi connectivity index (χ2n) is 2.85. The Morgan fingerprint density at radius 1 is 1.46 bits per heavy atom. The van der Waals surface area contributed by atoms with Crippen LogP contribution in [0.4, 0.5) is 0 Å². The summed E-state index contributed by atoms with van der Waals surface area (Å²) in [5.41, 5.74) is 0.829. The maximum atomic E-state index is 10.2. The second-order valence-corrected chi connectivity index (χ2v) is 2.85. The summed E-state index contributed by atoms with van der Waals surface area (Å²) in [6, 6.07) is 0. The average molecular weight is 184 g/mol. The largest absolute Gasteiger partial charge is 0.481 e. The van der Waals surface area contributed by atoms with Crippen molar-refractivity contribution in [2.45, 2.75) is 32.1 Å². The molecule has 0 spiro atoms. The lowest BCUT2D eigenvalue weighted by atomic mass is 10.1. The molecule has 0 radical (unpaired) electrons. The minimum absolute atomic E-state index is 0.247. The number of aliphatic carboxylic acids is 1. The van der Waals surface area contributed by atoms with Crippen molar-refractivity contribution in [2.24, 2.45) is 0 Å². The molecular formula is C8H12N2O3. The molecule has 0 fully saturated rings.